The van der Waals surface area contributed by atoms with Crippen LogP contribution in [-0.2, 0) is 25.6 Å². The van der Waals surface area contributed by atoms with Gasteiger partial charge in [0.25, 0.3) is 0 Å². The van der Waals surface area contributed by atoms with Crippen LogP contribution in [0.25, 0.3) is 0 Å². The van der Waals surface area contributed by atoms with Crippen molar-refractivity contribution in [3.8, 4) is 0 Å². The molecule has 0 aromatic heterocycles. The highest BCUT2D eigenvalue weighted by Gasteiger charge is 2.50. The molecule has 22 heavy (non-hydrogen) atoms. The number of aliphatic hydroxyl groups is 2. The fourth-order valence-corrected chi connectivity index (χ4v) is 2.75. The number of aliphatic hydroxyl groups excluding tert-OH is 2. The van der Waals surface area contributed by atoms with E-state index in [-0.39, 0.29) is 0 Å². The van der Waals surface area contributed by atoms with Crippen LogP contribution >= 0.6 is 0 Å². The van der Waals surface area contributed by atoms with Gasteiger partial charge in [-0.15, -0.1) is 0 Å². The Kier molecular flexibility index (Phi) is 4.49. The molecule has 1 aromatic rings. The second-order valence-corrected chi connectivity index (χ2v) is 6.11. The molecule has 2 heterocycles. The zero-order valence-electron chi connectivity index (χ0n) is 12.7. The summed E-state index contributed by atoms with van der Waals surface area (Å²) in [6.07, 6.45) is -4.15. The standard InChI is InChI=1S/C16H22O6/c1-16(2)20-9-11(22-16)14-12(17)13(18)15(21-14)19-8-10-6-4-3-5-7-10/h3-7,11-15,17-18H,8-9H2,1-2H3/t11?,12?,13?,14-,15+/m1/s1. The molecule has 0 saturated carbocycles. The third-order valence-electron chi connectivity index (χ3n) is 3.91. The highest BCUT2D eigenvalue weighted by Crippen LogP contribution is 2.32. The summed E-state index contributed by atoms with van der Waals surface area (Å²) in [5.74, 6) is -0.707. The van der Waals surface area contributed by atoms with Crippen LogP contribution < -0.4 is 0 Å². The van der Waals surface area contributed by atoms with Crippen LogP contribution in [0, 0.1) is 0 Å². The molecule has 6 heteroatoms. The van der Waals surface area contributed by atoms with Crippen LogP contribution in [0.2, 0.25) is 0 Å². The van der Waals surface area contributed by atoms with Gasteiger partial charge in [0.05, 0.1) is 13.2 Å². The molecule has 6 nitrogen and oxygen atoms in total. The summed E-state index contributed by atoms with van der Waals surface area (Å²) in [6, 6.07) is 9.59. The molecular weight excluding hydrogens is 288 g/mol. The van der Waals surface area contributed by atoms with Crippen LogP contribution in [0.5, 0.6) is 0 Å². The van der Waals surface area contributed by atoms with E-state index in [4.69, 9.17) is 18.9 Å². The van der Waals surface area contributed by atoms with Crippen molar-refractivity contribution >= 4 is 0 Å². The van der Waals surface area contributed by atoms with Gasteiger partial charge in [-0.2, -0.15) is 0 Å². The second kappa shape index (κ2) is 6.23. The van der Waals surface area contributed by atoms with E-state index in [0.29, 0.717) is 13.2 Å². The van der Waals surface area contributed by atoms with Gasteiger partial charge >= 0.3 is 0 Å². The quantitative estimate of drug-likeness (QED) is 0.857. The molecule has 0 bridgehead atoms. The number of benzene rings is 1. The van der Waals surface area contributed by atoms with Gasteiger partial charge in [-0.05, 0) is 19.4 Å². The van der Waals surface area contributed by atoms with Gasteiger partial charge < -0.3 is 29.2 Å². The molecule has 2 aliphatic rings. The van der Waals surface area contributed by atoms with Crippen molar-refractivity contribution in [2.24, 2.45) is 0 Å². The van der Waals surface area contributed by atoms with Crippen molar-refractivity contribution in [1.82, 2.24) is 0 Å². The predicted octanol–water partition coefficient (Wildman–Crippen LogP) is 0.801. The Morgan fingerprint density at radius 3 is 2.55 bits per heavy atom. The van der Waals surface area contributed by atoms with E-state index in [2.05, 4.69) is 0 Å². The fraction of sp³-hybridized carbons (Fsp3) is 0.625. The maximum Gasteiger partial charge on any atom is 0.187 e. The SMILES string of the molecule is CC1(C)OCC([C@H]2O[C@H](OCc3ccccc3)C(O)C2O)O1. The van der Waals surface area contributed by atoms with Crippen molar-refractivity contribution in [2.75, 3.05) is 6.61 Å². The molecule has 2 fully saturated rings. The first-order valence-electron chi connectivity index (χ1n) is 7.45. The Morgan fingerprint density at radius 1 is 1.18 bits per heavy atom. The Morgan fingerprint density at radius 2 is 1.91 bits per heavy atom. The third kappa shape index (κ3) is 3.32. The zero-order valence-corrected chi connectivity index (χ0v) is 12.7. The molecule has 0 amide bonds. The lowest BCUT2D eigenvalue weighted by atomic mass is 10.1. The smallest absolute Gasteiger partial charge is 0.187 e. The van der Waals surface area contributed by atoms with Crippen molar-refractivity contribution in [1.29, 1.82) is 0 Å². The first kappa shape index (κ1) is 15.9. The van der Waals surface area contributed by atoms with E-state index >= 15 is 0 Å². The number of rotatable bonds is 4. The lowest BCUT2D eigenvalue weighted by molar-refractivity contribution is -0.197. The van der Waals surface area contributed by atoms with Crippen LogP contribution in [0.1, 0.15) is 19.4 Å². The van der Waals surface area contributed by atoms with Crippen LogP contribution in [0.4, 0.5) is 0 Å². The van der Waals surface area contributed by atoms with Gasteiger partial charge in [0.2, 0.25) is 0 Å². The highest BCUT2D eigenvalue weighted by molar-refractivity contribution is 5.13. The third-order valence-corrected chi connectivity index (χ3v) is 3.91. The zero-order chi connectivity index (χ0) is 15.7. The van der Waals surface area contributed by atoms with E-state index in [9.17, 15) is 10.2 Å². The lowest BCUT2D eigenvalue weighted by Gasteiger charge is -2.22. The van der Waals surface area contributed by atoms with E-state index in [1.165, 1.54) is 0 Å². The van der Waals surface area contributed by atoms with Crippen LogP contribution in [0.3, 0.4) is 0 Å². The van der Waals surface area contributed by atoms with Crippen LogP contribution in [0.15, 0.2) is 30.3 Å². The van der Waals surface area contributed by atoms with Gasteiger partial charge in [-0.25, -0.2) is 0 Å². The highest BCUT2D eigenvalue weighted by atomic mass is 16.8. The Labute approximate surface area is 129 Å². The summed E-state index contributed by atoms with van der Waals surface area (Å²) in [7, 11) is 0. The average molecular weight is 310 g/mol. The second-order valence-electron chi connectivity index (χ2n) is 6.11. The molecule has 2 saturated heterocycles. The van der Waals surface area contributed by atoms with Gasteiger partial charge in [0.1, 0.15) is 24.4 Å². The normalized spacial score (nSPS) is 37.5. The van der Waals surface area contributed by atoms with E-state index in [0.717, 1.165) is 5.56 Å². The molecule has 0 spiro atoms. The molecule has 122 valence electrons. The van der Waals surface area contributed by atoms with Crippen molar-refractivity contribution < 1.29 is 29.2 Å². The minimum Gasteiger partial charge on any atom is -0.387 e. The Bertz CT molecular complexity index is 491. The minimum atomic E-state index is -1.11. The fourth-order valence-electron chi connectivity index (χ4n) is 2.75. The van der Waals surface area contributed by atoms with E-state index < -0.39 is 36.5 Å². The molecule has 5 atom stereocenters. The molecule has 2 N–H and O–H groups in total. The topological polar surface area (TPSA) is 77.4 Å². The van der Waals surface area contributed by atoms with Gasteiger partial charge in [0, 0.05) is 0 Å². The first-order valence-corrected chi connectivity index (χ1v) is 7.45. The summed E-state index contributed by atoms with van der Waals surface area (Å²) in [5.41, 5.74) is 0.970. The summed E-state index contributed by atoms with van der Waals surface area (Å²) in [5, 5.41) is 20.3. The molecule has 2 aliphatic heterocycles. The van der Waals surface area contributed by atoms with Gasteiger partial charge in [-0.1, -0.05) is 30.3 Å². The lowest BCUT2D eigenvalue weighted by Crippen LogP contribution is -2.40. The monoisotopic (exact) mass is 310 g/mol. The van der Waals surface area contributed by atoms with Crippen molar-refractivity contribution in [3.05, 3.63) is 35.9 Å². The number of hydrogen-bond donors (Lipinski definition) is 2. The average Bonchev–Trinajstić information content (AvgIpc) is 2.99. The predicted molar refractivity (Wildman–Crippen MR) is 76.8 cm³/mol. The van der Waals surface area contributed by atoms with Crippen molar-refractivity contribution in [3.63, 3.8) is 0 Å². The van der Waals surface area contributed by atoms with E-state index in [1.54, 1.807) is 13.8 Å². The molecular formula is C16H22O6. The first-order chi connectivity index (χ1) is 10.5. The Balaban J connectivity index is 1.58. The molecule has 3 unspecified atom stereocenters. The van der Waals surface area contributed by atoms with E-state index in [1.807, 2.05) is 30.3 Å². The Hall–Kier alpha value is -1.02. The summed E-state index contributed by atoms with van der Waals surface area (Å²) < 4.78 is 22.4. The molecule has 1 aromatic carbocycles. The number of ether oxygens (including phenoxy) is 4. The molecule has 0 aliphatic carbocycles. The van der Waals surface area contributed by atoms with Crippen LogP contribution in [-0.4, -0.2) is 53.3 Å². The van der Waals surface area contributed by atoms with Crippen molar-refractivity contribution in [2.45, 2.75) is 56.9 Å². The van der Waals surface area contributed by atoms with Gasteiger partial charge in [-0.3, -0.25) is 0 Å². The molecule has 3 rings (SSSR count). The summed E-state index contributed by atoms with van der Waals surface area (Å²) >= 11 is 0. The number of hydrogen-bond acceptors (Lipinski definition) is 6. The summed E-state index contributed by atoms with van der Waals surface area (Å²) in [4.78, 5) is 0. The minimum absolute atomic E-state index is 0.301. The largest absolute Gasteiger partial charge is 0.387 e. The maximum atomic E-state index is 10.2. The molecule has 0 radical (unpaired) electrons. The summed E-state index contributed by atoms with van der Waals surface area (Å²) in [6.45, 7) is 4.21. The van der Waals surface area contributed by atoms with Gasteiger partial charge in [0.15, 0.2) is 12.1 Å². The maximum absolute atomic E-state index is 10.2.